The van der Waals surface area contributed by atoms with E-state index in [1.807, 2.05) is 6.92 Å². The number of hydrogen-bond donors (Lipinski definition) is 0. The Morgan fingerprint density at radius 3 is 2.56 bits per heavy atom. The van der Waals surface area contributed by atoms with Gasteiger partial charge in [-0.3, -0.25) is 4.31 Å². The first-order valence-corrected chi connectivity index (χ1v) is 9.28. The van der Waals surface area contributed by atoms with E-state index < -0.39 is 22.1 Å². The van der Waals surface area contributed by atoms with Crippen molar-refractivity contribution in [2.24, 2.45) is 0 Å². The monoisotopic (exact) mass is 381 g/mol. The molecule has 1 atom stereocenters. The molecule has 2 aromatic carbocycles. The predicted molar refractivity (Wildman–Crippen MR) is 93.6 cm³/mol. The fourth-order valence-corrected chi connectivity index (χ4v) is 4.18. The van der Waals surface area contributed by atoms with Crippen molar-refractivity contribution in [3.8, 4) is 5.75 Å². The van der Waals surface area contributed by atoms with Crippen molar-refractivity contribution in [1.82, 2.24) is 0 Å². The van der Waals surface area contributed by atoms with Gasteiger partial charge in [-0.2, -0.15) is 0 Å². The van der Waals surface area contributed by atoms with Gasteiger partial charge in [-0.05, 0) is 37.3 Å². The van der Waals surface area contributed by atoms with Gasteiger partial charge in [0.25, 0.3) is 10.0 Å². The van der Waals surface area contributed by atoms with E-state index in [0.717, 1.165) is 9.87 Å². The van der Waals surface area contributed by atoms with Crippen molar-refractivity contribution in [3.63, 3.8) is 0 Å². The second-order valence-corrected chi connectivity index (χ2v) is 7.89. The lowest BCUT2D eigenvalue weighted by Gasteiger charge is -2.34. The molecule has 2 aromatic rings. The van der Waals surface area contributed by atoms with E-state index in [-0.39, 0.29) is 22.9 Å². The molecule has 0 bridgehead atoms. The van der Waals surface area contributed by atoms with Gasteiger partial charge in [0.05, 0.1) is 24.2 Å². The van der Waals surface area contributed by atoms with Gasteiger partial charge in [0, 0.05) is 5.02 Å². The molecule has 6 nitrogen and oxygen atoms in total. The third kappa shape index (κ3) is 3.29. The van der Waals surface area contributed by atoms with Crippen LogP contribution in [0.2, 0.25) is 5.02 Å². The lowest BCUT2D eigenvalue weighted by Crippen LogP contribution is -2.47. The SMILES string of the molecule is COC(=O)C1CN(S(=O)(=O)c2ccc(C)cc2)c2cc(Cl)ccc2O1. The summed E-state index contributed by atoms with van der Waals surface area (Å²) >= 11 is 6.02. The highest BCUT2D eigenvalue weighted by molar-refractivity contribution is 7.92. The summed E-state index contributed by atoms with van der Waals surface area (Å²) in [6.45, 7) is 1.67. The number of hydrogen-bond acceptors (Lipinski definition) is 5. The Morgan fingerprint density at radius 1 is 1.24 bits per heavy atom. The first-order valence-electron chi connectivity index (χ1n) is 7.46. The smallest absolute Gasteiger partial charge is 0.348 e. The van der Waals surface area contributed by atoms with Crippen molar-refractivity contribution in [3.05, 3.63) is 53.1 Å². The number of rotatable bonds is 3. The average Bonchev–Trinajstić information content (AvgIpc) is 2.60. The maximum Gasteiger partial charge on any atom is 0.348 e. The fourth-order valence-electron chi connectivity index (χ4n) is 2.54. The number of halogens is 1. The number of carbonyl (C=O) groups excluding carboxylic acids is 1. The molecule has 0 aliphatic carbocycles. The first kappa shape index (κ1) is 17.6. The lowest BCUT2D eigenvalue weighted by molar-refractivity contribution is -0.148. The minimum absolute atomic E-state index is 0.120. The zero-order chi connectivity index (χ0) is 18.2. The van der Waals surface area contributed by atoms with E-state index in [1.165, 1.54) is 31.4 Å². The van der Waals surface area contributed by atoms with Gasteiger partial charge in [-0.1, -0.05) is 29.3 Å². The van der Waals surface area contributed by atoms with Crippen LogP contribution < -0.4 is 9.04 Å². The highest BCUT2D eigenvalue weighted by Gasteiger charge is 2.38. The summed E-state index contributed by atoms with van der Waals surface area (Å²) < 4.78 is 37.6. The van der Waals surface area contributed by atoms with Crippen molar-refractivity contribution in [2.75, 3.05) is 18.0 Å². The molecule has 0 spiro atoms. The number of methoxy groups -OCH3 is 1. The molecule has 0 amide bonds. The van der Waals surface area contributed by atoms with E-state index >= 15 is 0 Å². The number of nitrogens with zero attached hydrogens (tertiary/aromatic N) is 1. The van der Waals surface area contributed by atoms with Gasteiger partial charge in [-0.25, -0.2) is 13.2 Å². The molecular weight excluding hydrogens is 366 g/mol. The van der Waals surface area contributed by atoms with Crippen LogP contribution >= 0.6 is 11.6 Å². The fraction of sp³-hybridized carbons (Fsp3) is 0.235. The van der Waals surface area contributed by atoms with Crippen LogP contribution in [0, 0.1) is 6.92 Å². The molecule has 0 fully saturated rings. The summed E-state index contributed by atoms with van der Waals surface area (Å²) in [5.74, 6) is -0.397. The number of esters is 1. The van der Waals surface area contributed by atoms with Gasteiger partial charge in [0.2, 0.25) is 6.10 Å². The maximum atomic E-state index is 13.1. The zero-order valence-electron chi connectivity index (χ0n) is 13.6. The Morgan fingerprint density at radius 2 is 1.92 bits per heavy atom. The third-order valence-corrected chi connectivity index (χ3v) is 5.89. The van der Waals surface area contributed by atoms with Crippen LogP contribution in [0.5, 0.6) is 5.75 Å². The Hall–Kier alpha value is -2.25. The topological polar surface area (TPSA) is 72.9 Å². The molecule has 0 N–H and O–H groups in total. The molecule has 0 aromatic heterocycles. The molecule has 8 heteroatoms. The molecule has 1 unspecified atom stereocenters. The van der Waals surface area contributed by atoms with E-state index in [0.29, 0.717) is 5.02 Å². The predicted octanol–water partition coefficient (Wildman–Crippen LogP) is 2.78. The maximum absolute atomic E-state index is 13.1. The molecule has 1 heterocycles. The molecule has 0 radical (unpaired) electrons. The summed E-state index contributed by atoms with van der Waals surface area (Å²) in [4.78, 5) is 12.0. The van der Waals surface area contributed by atoms with Crippen LogP contribution in [0.25, 0.3) is 0 Å². The van der Waals surface area contributed by atoms with Gasteiger partial charge < -0.3 is 9.47 Å². The van der Waals surface area contributed by atoms with Crippen molar-refractivity contribution in [2.45, 2.75) is 17.9 Å². The molecule has 3 rings (SSSR count). The summed E-state index contributed by atoms with van der Waals surface area (Å²) in [6, 6.07) is 11.1. The third-order valence-electron chi connectivity index (χ3n) is 3.86. The number of ether oxygens (including phenoxy) is 2. The van der Waals surface area contributed by atoms with Crippen LogP contribution in [0.4, 0.5) is 5.69 Å². The number of anilines is 1. The van der Waals surface area contributed by atoms with Gasteiger partial charge >= 0.3 is 5.97 Å². The number of benzene rings is 2. The van der Waals surface area contributed by atoms with Crippen LogP contribution in [0.15, 0.2) is 47.4 Å². The first-order chi connectivity index (χ1) is 11.8. The van der Waals surface area contributed by atoms with Crippen molar-refractivity contribution in [1.29, 1.82) is 0 Å². The number of sulfonamides is 1. The van der Waals surface area contributed by atoms with Crippen LogP contribution in [-0.2, 0) is 19.6 Å². The van der Waals surface area contributed by atoms with Crippen molar-refractivity contribution < 1.29 is 22.7 Å². The Balaban J connectivity index is 2.11. The number of aryl methyl sites for hydroxylation is 1. The molecule has 0 saturated heterocycles. The van der Waals surface area contributed by atoms with Gasteiger partial charge in [0.1, 0.15) is 5.75 Å². The quantitative estimate of drug-likeness (QED) is 0.764. The second kappa shape index (κ2) is 6.57. The molecular formula is C17H16ClNO5S. The second-order valence-electron chi connectivity index (χ2n) is 5.59. The summed E-state index contributed by atoms with van der Waals surface area (Å²) in [5, 5.41) is 0.364. The summed E-state index contributed by atoms with van der Waals surface area (Å²) in [6.07, 6.45) is -1.06. The average molecular weight is 382 g/mol. The molecule has 132 valence electrons. The summed E-state index contributed by atoms with van der Waals surface area (Å²) in [7, 11) is -2.67. The number of carbonyl (C=O) groups is 1. The van der Waals surface area contributed by atoms with Crippen molar-refractivity contribution >= 4 is 33.3 Å². The molecule has 25 heavy (non-hydrogen) atoms. The van der Waals surface area contributed by atoms with Crippen LogP contribution in [0.1, 0.15) is 5.56 Å². The van der Waals surface area contributed by atoms with Gasteiger partial charge in [0.15, 0.2) is 0 Å². The largest absolute Gasteiger partial charge is 0.475 e. The summed E-state index contributed by atoms with van der Waals surface area (Å²) in [5.41, 5.74) is 1.23. The normalized spacial score (nSPS) is 16.8. The minimum Gasteiger partial charge on any atom is -0.475 e. The van der Waals surface area contributed by atoms with E-state index in [2.05, 4.69) is 0 Å². The molecule has 1 aliphatic heterocycles. The highest BCUT2D eigenvalue weighted by atomic mass is 35.5. The van der Waals surface area contributed by atoms with Gasteiger partial charge in [-0.15, -0.1) is 0 Å². The Labute approximate surface area is 151 Å². The molecule has 0 saturated carbocycles. The lowest BCUT2D eigenvalue weighted by atomic mass is 10.2. The van der Waals surface area contributed by atoms with E-state index in [1.54, 1.807) is 18.2 Å². The zero-order valence-corrected chi connectivity index (χ0v) is 15.2. The number of fused-ring (bicyclic) bond motifs is 1. The van der Waals surface area contributed by atoms with Crippen LogP contribution in [-0.4, -0.2) is 34.1 Å². The Kier molecular flexibility index (Phi) is 4.62. The molecule has 1 aliphatic rings. The highest BCUT2D eigenvalue weighted by Crippen LogP contribution is 2.39. The van der Waals surface area contributed by atoms with E-state index in [4.69, 9.17) is 21.1 Å². The minimum atomic E-state index is -3.90. The Bertz CT molecular complexity index is 911. The van der Waals surface area contributed by atoms with E-state index in [9.17, 15) is 13.2 Å². The standard InChI is InChI=1S/C17H16ClNO5S/c1-11-3-6-13(7-4-11)25(21,22)19-10-16(17(20)23-2)24-15-8-5-12(18)9-14(15)19/h3-9,16H,10H2,1-2H3. The van der Waals surface area contributed by atoms with Crippen LogP contribution in [0.3, 0.4) is 0 Å².